The Balaban J connectivity index is -0.0000000286. The maximum atomic E-state index is 8.52. The molecule has 0 aliphatic heterocycles. The summed E-state index contributed by atoms with van der Waals surface area (Å²) in [6, 6.07) is 0. The minimum Gasteiger partial charge on any atom is -0.759 e. The topological polar surface area (TPSA) is 157 Å². The molecule has 0 unspecified atom stereocenters. The zero-order valence-corrected chi connectivity index (χ0v) is 6.21. The predicted molar refractivity (Wildman–Crippen MR) is 21.7 cm³/mol. The van der Waals surface area contributed by atoms with Gasteiger partial charge < -0.3 is 15.3 Å². The van der Waals surface area contributed by atoms with E-state index in [1.54, 1.807) is 0 Å². The number of quaternary nitrogens is 1. The van der Waals surface area contributed by atoms with Gasteiger partial charge in [-0.3, -0.25) is 18.9 Å². The normalized spacial score (nSPS) is 7.11. The van der Waals surface area contributed by atoms with Gasteiger partial charge in [-0.1, -0.05) is 0 Å². The van der Waals surface area contributed by atoms with Gasteiger partial charge in [0.05, 0.1) is 0 Å². The van der Waals surface area contributed by atoms with Gasteiger partial charge in [0.1, 0.15) is 0 Å². The van der Waals surface area contributed by atoms with Crippen molar-refractivity contribution in [2.75, 3.05) is 0 Å². The zero-order valence-electron chi connectivity index (χ0n) is 4.29. The van der Waals surface area contributed by atoms with Crippen LogP contribution in [0.3, 0.4) is 0 Å². The molecule has 0 aromatic rings. The van der Waals surface area contributed by atoms with Crippen molar-refractivity contribution in [3.8, 4) is 0 Å². The van der Waals surface area contributed by atoms with Crippen molar-refractivity contribution in [2.24, 2.45) is 0 Å². The third-order valence-corrected chi connectivity index (χ3v) is 0. The summed E-state index contributed by atoms with van der Waals surface area (Å²) in [6.07, 6.45) is 0. The van der Waals surface area contributed by atoms with Crippen LogP contribution in [-0.4, -0.2) is 28.0 Å². The Morgan fingerprint density at radius 3 is 1.11 bits per heavy atom. The molecule has 0 atom stereocenters. The van der Waals surface area contributed by atoms with Crippen LogP contribution in [0.15, 0.2) is 0 Å². The van der Waals surface area contributed by atoms with Gasteiger partial charge in [0.15, 0.2) is 0 Å². The van der Waals surface area contributed by atoms with Crippen LogP contribution in [0.25, 0.3) is 0 Å². The van der Waals surface area contributed by atoms with Crippen LogP contribution in [-0.2, 0) is 27.5 Å². The molecule has 0 aliphatic carbocycles. The second-order valence-corrected chi connectivity index (χ2v) is 1.22. The third kappa shape index (κ3) is 4480. The van der Waals surface area contributed by atoms with Crippen molar-refractivity contribution in [3.05, 3.63) is 0 Å². The van der Waals surface area contributed by atoms with E-state index in [1.807, 2.05) is 0 Å². The molecule has 0 aromatic carbocycles. The Morgan fingerprint density at radius 1 is 1.11 bits per heavy atom. The van der Waals surface area contributed by atoms with Gasteiger partial charge in [0.2, 0.25) is 0 Å². The second kappa shape index (κ2) is 11.1. The molecule has 0 aromatic heterocycles. The Bertz CT molecular complexity index is 96.2. The van der Waals surface area contributed by atoms with E-state index < -0.39 is 10.4 Å². The average Bonchev–Trinajstić information content (AvgIpc) is 1.36. The fourth-order valence-corrected chi connectivity index (χ4v) is 0. The van der Waals surface area contributed by atoms with Crippen LogP contribution >= 0.6 is 0 Å². The molecule has 0 rings (SSSR count). The fraction of sp³-hybridized carbons (Fsp3) is 0. The van der Waals surface area contributed by atoms with E-state index in [0.717, 1.165) is 0 Å². The van der Waals surface area contributed by atoms with Crippen LogP contribution < -0.4 is 6.15 Å². The molecule has 0 saturated heterocycles. The van der Waals surface area contributed by atoms with E-state index in [0.29, 0.717) is 0 Å². The first-order chi connectivity index (χ1) is 3.00. The maximum absolute atomic E-state index is 8.52. The van der Waals surface area contributed by atoms with Gasteiger partial charge in [-0.25, -0.2) is 0 Å². The molecule has 6 N–H and O–H groups in total. The first-order valence-electron chi connectivity index (χ1n) is 0.867. The van der Waals surface area contributed by atoms with E-state index >= 15 is 0 Å². The van der Waals surface area contributed by atoms with E-state index in [9.17, 15) is 0 Å². The zero-order chi connectivity index (χ0) is 6.50. The summed E-state index contributed by atoms with van der Waals surface area (Å²) >= 11 is 0. The summed E-state index contributed by atoms with van der Waals surface area (Å²) in [5.74, 6) is 0. The molecular weight excluding hydrogens is 198 g/mol. The van der Waals surface area contributed by atoms with Gasteiger partial charge in [-0.2, -0.15) is 0 Å². The molecule has 0 spiro atoms. The van der Waals surface area contributed by atoms with E-state index in [-0.39, 0.29) is 23.2 Å². The van der Waals surface area contributed by atoms with Crippen LogP contribution in [0, 0.1) is 0 Å². The van der Waals surface area contributed by atoms with Crippen LogP contribution in [0.2, 0.25) is 0 Å². The summed E-state index contributed by atoms with van der Waals surface area (Å²) in [5.41, 5.74) is 0. The van der Waals surface area contributed by atoms with Crippen LogP contribution in [0.4, 0.5) is 0 Å². The molecule has 0 radical (unpaired) electrons. The van der Waals surface area contributed by atoms with Gasteiger partial charge in [-0.15, -0.1) is 0 Å². The van der Waals surface area contributed by atoms with Crippen molar-refractivity contribution in [1.29, 1.82) is 0 Å². The summed E-state index contributed by atoms with van der Waals surface area (Å²) < 4.78 is 34.1. The molecule has 0 heterocycles. The standard InChI is InChI=1S/Fe.H3N.H2O4S.H2O2/c;;1-5(2,3)4;1-2/h;1H3;(H2,1,2,3,4);1-2H/p-1. The number of rotatable bonds is 0. The summed E-state index contributed by atoms with van der Waals surface area (Å²) in [7, 11) is -5.17. The molecule has 62 valence electrons. The van der Waals surface area contributed by atoms with Gasteiger partial charge in [-0.05, 0) is 0 Å². The predicted octanol–water partition coefficient (Wildman–Crippen LogP) is -0.947. The SMILES string of the molecule is O=S(=O)([O-])[O-].OO.[Fe].[NH4+]. The molecule has 0 amide bonds. The maximum Gasteiger partial charge on any atom is 0.0311 e. The largest absolute Gasteiger partial charge is 0.759 e. The minimum absolute atomic E-state index is 0. The summed E-state index contributed by atoms with van der Waals surface area (Å²) in [6.45, 7) is 0. The van der Waals surface area contributed by atoms with Crippen molar-refractivity contribution in [2.45, 2.75) is 0 Å². The average molecular weight is 204 g/mol. The third-order valence-electron chi connectivity index (χ3n) is 0. The first-order valence-corrected chi connectivity index (χ1v) is 2.20. The molecule has 7 nitrogen and oxygen atoms in total. The Hall–Kier alpha value is 0.269. The number of hydrogen-bond acceptors (Lipinski definition) is 6. The van der Waals surface area contributed by atoms with Crippen LogP contribution in [0.1, 0.15) is 0 Å². The van der Waals surface area contributed by atoms with E-state index in [1.165, 1.54) is 0 Å². The molecule has 0 fully saturated rings. The molecule has 0 aliphatic rings. The molecule has 9 heteroatoms. The molecular formula is H6FeNO6S-. The van der Waals surface area contributed by atoms with Gasteiger partial charge in [0, 0.05) is 27.5 Å². The minimum atomic E-state index is -5.17. The van der Waals surface area contributed by atoms with Crippen molar-refractivity contribution in [1.82, 2.24) is 6.15 Å². The smallest absolute Gasteiger partial charge is 0.0311 e. The number of hydrogen-bond donors (Lipinski definition) is 3. The van der Waals surface area contributed by atoms with Crippen LogP contribution in [0.5, 0.6) is 0 Å². The quantitative estimate of drug-likeness (QED) is 0.152. The Labute approximate surface area is 62.3 Å². The summed E-state index contributed by atoms with van der Waals surface area (Å²) in [5, 5.41) is 12.0. The van der Waals surface area contributed by atoms with E-state index in [2.05, 4.69) is 0 Å². The van der Waals surface area contributed by atoms with Crippen molar-refractivity contribution in [3.63, 3.8) is 0 Å². The molecule has 0 bridgehead atoms. The second-order valence-electron chi connectivity index (χ2n) is 0.408. The van der Waals surface area contributed by atoms with Crippen molar-refractivity contribution >= 4 is 10.4 Å². The summed E-state index contributed by atoms with van der Waals surface area (Å²) in [4.78, 5) is 0. The first kappa shape index (κ1) is 22.8. The fourth-order valence-electron chi connectivity index (χ4n) is 0. The Morgan fingerprint density at radius 2 is 1.11 bits per heavy atom. The van der Waals surface area contributed by atoms with E-state index in [4.69, 9.17) is 28.0 Å². The Kier molecular flexibility index (Phi) is 28.2. The van der Waals surface area contributed by atoms with Gasteiger partial charge >= 0.3 is 0 Å². The monoisotopic (exact) mass is 204 g/mol. The molecule has 0 saturated carbocycles. The van der Waals surface area contributed by atoms with Gasteiger partial charge in [0.25, 0.3) is 0 Å². The van der Waals surface area contributed by atoms with Crippen molar-refractivity contribution < 1.29 is 45.1 Å². The molecule has 9 heavy (non-hydrogen) atoms.